The van der Waals surface area contributed by atoms with Crippen molar-refractivity contribution in [3.63, 3.8) is 0 Å². The third-order valence-corrected chi connectivity index (χ3v) is 4.29. The van der Waals surface area contributed by atoms with Gasteiger partial charge in [0.05, 0.1) is 10.6 Å². The molecule has 0 spiro atoms. The molecule has 1 aliphatic heterocycles. The molecule has 1 fully saturated rings. The first kappa shape index (κ1) is 16.5. The van der Waals surface area contributed by atoms with Gasteiger partial charge < -0.3 is 4.90 Å². The average Bonchev–Trinajstić information content (AvgIpc) is 2.98. The Kier molecular flexibility index (Phi) is 4.81. The minimum atomic E-state index is -0.679. The van der Waals surface area contributed by atoms with Crippen LogP contribution in [0.25, 0.3) is 0 Å². The molecule has 0 unspecified atom stereocenters. The predicted molar refractivity (Wildman–Crippen MR) is 90.5 cm³/mol. The molecule has 0 atom stereocenters. The van der Waals surface area contributed by atoms with Gasteiger partial charge in [0.2, 0.25) is 5.91 Å². The van der Waals surface area contributed by atoms with Crippen LogP contribution in [0.1, 0.15) is 23.2 Å². The molecule has 0 radical (unpaired) electrons. The summed E-state index contributed by atoms with van der Waals surface area (Å²) in [7, 11) is 0. The molecule has 0 N–H and O–H groups in total. The van der Waals surface area contributed by atoms with Crippen LogP contribution >= 0.6 is 11.6 Å². The van der Waals surface area contributed by atoms with Crippen LogP contribution in [0.5, 0.6) is 0 Å². The summed E-state index contributed by atoms with van der Waals surface area (Å²) in [6.45, 7) is 0.660. The molecule has 0 saturated carbocycles. The Morgan fingerprint density at radius 1 is 1.17 bits per heavy atom. The van der Waals surface area contributed by atoms with Crippen LogP contribution in [0.4, 0.5) is 10.1 Å². The average molecular weight is 347 g/mol. The fourth-order valence-electron chi connectivity index (χ4n) is 2.73. The number of rotatable bonds is 4. The number of carbonyl (C=O) groups is 2. The van der Waals surface area contributed by atoms with Crippen molar-refractivity contribution in [2.75, 3.05) is 18.1 Å². The van der Waals surface area contributed by atoms with E-state index >= 15 is 0 Å². The number of halogens is 2. The maximum atomic E-state index is 14.2. The molecule has 1 saturated heterocycles. The highest BCUT2D eigenvalue weighted by Gasteiger charge is 2.28. The molecule has 24 heavy (non-hydrogen) atoms. The normalized spacial score (nSPS) is 14.1. The topological polar surface area (TPSA) is 40.6 Å². The summed E-state index contributed by atoms with van der Waals surface area (Å²) in [5.41, 5.74) is 0.399. The number of benzene rings is 2. The number of amides is 2. The van der Waals surface area contributed by atoms with Gasteiger partial charge in [-0.25, -0.2) is 4.39 Å². The fourth-order valence-corrected chi connectivity index (χ4v) is 2.98. The first-order chi connectivity index (χ1) is 11.6. The van der Waals surface area contributed by atoms with E-state index in [9.17, 15) is 14.0 Å². The highest BCUT2D eigenvalue weighted by Crippen LogP contribution is 2.25. The summed E-state index contributed by atoms with van der Waals surface area (Å²) in [5, 5.41) is 0.0497. The predicted octanol–water partition coefficient (Wildman–Crippen LogP) is 3.71. The van der Waals surface area contributed by atoms with E-state index in [2.05, 4.69) is 0 Å². The zero-order chi connectivity index (χ0) is 17.1. The second kappa shape index (κ2) is 7.01. The molecule has 3 rings (SSSR count). The lowest BCUT2D eigenvalue weighted by atomic mass is 10.1. The maximum Gasteiger partial charge on any atom is 0.264 e. The molecular formula is C18H16ClFN2O2. The van der Waals surface area contributed by atoms with Crippen LogP contribution in [0.3, 0.4) is 0 Å². The van der Waals surface area contributed by atoms with Gasteiger partial charge in [-0.3, -0.25) is 14.5 Å². The van der Waals surface area contributed by atoms with Gasteiger partial charge in [-0.15, -0.1) is 0 Å². The Labute approximate surface area is 144 Å². The lowest BCUT2D eigenvalue weighted by Crippen LogP contribution is -2.42. The second-order valence-corrected chi connectivity index (χ2v) is 5.97. The van der Waals surface area contributed by atoms with E-state index in [1.54, 1.807) is 29.2 Å². The van der Waals surface area contributed by atoms with Crippen LogP contribution in [-0.4, -0.2) is 29.9 Å². The van der Waals surface area contributed by atoms with Crippen LogP contribution in [0.15, 0.2) is 48.5 Å². The van der Waals surface area contributed by atoms with E-state index in [0.717, 1.165) is 6.42 Å². The number of hydrogen-bond donors (Lipinski definition) is 0. The van der Waals surface area contributed by atoms with Gasteiger partial charge in [0.15, 0.2) is 0 Å². The number of likely N-dealkylation sites (tertiary alicyclic amines) is 1. The number of para-hydroxylation sites is 1. The van der Waals surface area contributed by atoms with Gasteiger partial charge in [-0.2, -0.15) is 0 Å². The molecule has 4 nitrogen and oxygen atoms in total. The van der Waals surface area contributed by atoms with Crippen molar-refractivity contribution in [2.45, 2.75) is 12.8 Å². The van der Waals surface area contributed by atoms with Gasteiger partial charge in [-0.1, -0.05) is 35.9 Å². The van der Waals surface area contributed by atoms with Crippen molar-refractivity contribution < 1.29 is 14.0 Å². The number of anilines is 1. The molecular weight excluding hydrogens is 331 g/mol. The van der Waals surface area contributed by atoms with E-state index in [4.69, 9.17) is 11.6 Å². The Balaban J connectivity index is 1.98. The monoisotopic (exact) mass is 346 g/mol. The number of hydrogen-bond acceptors (Lipinski definition) is 2. The standard InChI is InChI=1S/C18H16ClFN2O2/c19-14-8-4-9-15(20)17(14)18(24)22(13-6-2-1-3-7-13)12-21-11-5-10-16(21)23/h1-4,6-9H,5,10-12H2. The summed E-state index contributed by atoms with van der Waals surface area (Å²) in [5.74, 6) is -1.26. The molecule has 0 bridgehead atoms. The molecule has 0 aromatic heterocycles. The van der Waals surface area contributed by atoms with Gasteiger partial charge in [0.25, 0.3) is 5.91 Å². The van der Waals surface area contributed by atoms with Gasteiger partial charge in [0, 0.05) is 18.7 Å². The van der Waals surface area contributed by atoms with Crippen LogP contribution in [-0.2, 0) is 4.79 Å². The molecule has 2 aromatic rings. The van der Waals surface area contributed by atoms with Crippen LogP contribution in [0, 0.1) is 5.82 Å². The fraction of sp³-hybridized carbons (Fsp3) is 0.222. The Bertz CT molecular complexity index is 747. The van der Waals surface area contributed by atoms with Crippen molar-refractivity contribution in [1.29, 1.82) is 0 Å². The quantitative estimate of drug-likeness (QED) is 0.846. The Hall–Kier alpha value is -2.40. The van der Waals surface area contributed by atoms with Crippen molar-refractivity contribution in [3.05, 3.63) is 64.9 Å². The lowest BCUT2D eigenvalue weighted by Gasteiger charge is -2.28. The summed E-state index contributed by atoms with van der Waals surface area (Å²) in [4.78, 5) is 27.8. The van der Waals surface area contributed by atoms with E-state index in [-0.39, 0.29) is 23.2 Å². The molecule has 0 aliphatic carbocycles. The summed E-state index contributed by atoms with van der Waals surface area (Å²) < 4.78 is 14.2. The third kappa shape index (κ3) is 3.26. The largest absolute Gasteiger partial charge is 0.324 e. The lowest BCUT2D eigenvalue weighted by molar-refractivity contribution is -0.127. The highest BCUT2D eigenvalue weighted by molar-refractivity contribution is 6.34. The van der Waals surface area contributed by atoms with Crippen LogP contribution < -0.4 is 4.90 Å². The van der Waals surface area contributed by atoms with Gasteiger partial charge in [0.1, 0.15) is 12.5 Å². The Morgan fingerprint density at radius 3 is 2.54 bits per heavy atom. The van der Waals surface area contributed by atoms with Crippen molar-refractivity contribution in [1.82, 2.24) is 4.90 Å². The van der Waals surface area contributed by atoms with E-state index < -0.39 is 11.7 Å². The summed E-state index contributed by atoms with van der Waals surface area (Å²) >= 11 is 6.03. The minimum absolute atomic E-state index is 0.0108. The molecule has 2 aromatic carbocycles. The first-order valence-electron chi connectivity index (χ1n) is 7.66. The molecule has 1 heterocycles. The van der Waals surface area contributed by atoms with Gasteiger partial charge >= 0.3 is 0 Å². The van der Waals surface area contributed by atoms with E-state index in [1.807, 2.05) is 6.07 Å². The third-order valence-electron chi connectivity index (χ3n) is 3.97. The van der Waals surface area contributed by atoms with Crippen molar-refractivity contribution >= 4 is 29.1 Å². The summed E-state index contributed by atoms with van der Waals surface area (Å²) in [6, 6.07) is 13.0. The molecule has 1 aliphatic rings. The maximum absolute atomic E-state index is 14.2. The highest BCUT2D eigenvalue weighted by atomic mass is 35.5. The minimum Gasteiger partial charge on any atom is -0.324 e. The molecule has 2 amide bonds. The van der Waals surface area contributed by atoms with E-state index in [1.165, 1.54) is 23.1 Å². The molecule has 6 heteroatoms. The van der Waals surface area contributed by atoms with Crippen LogP contribution in [0.2, 0.25) is 5.02 Å². The zero-order valence-electron chi connectivity index (χ0n) is 12.9. The Morgan fingerprint density at radius 2 is 1.92 bits per heavy atom. The van der Waals surface area contributed by atoms with E-state index in [0.29, 0.717) is 18.7 Å². The van der Waals surface area contributed by atoms with Gasteiger partial charge in [-0.05, 0) is 30.7 Å². The smallest absolute Gasteiger partial charge is 0.264 e. The number of nitrogens with zero attached hydrogens (tertiary/aromatic N) is 2. The summed E-state index contributed by atoms with van der Waals surface area (Å²) in [6.07, 6.45) is 1.23. The first-order valence-corrected chi connectivity index (χ1v) is 8.04. The zero-order valence-corrected chi connectivity index (χ0v) is 13.7. The number of carbonyl (C=O) groups excluding carboxylic acids is 2. The van der Waals surface area contributed by atoms with Crippen molar-refractivity contribution in [2.24, 2.45) is 0 Å². The second-order valence-electron chi connectivity index (χ2n) is 5.57. The van der Waals surface area contributed by atoms with Crippen molar-refractivity contribution in [3.8, 4) is 0 Å². The molecule has 124 valence electrons. The SMILES string of the molecule is O=C1CCCN1CN(C(=O)c1c(F)cccc1Cl)c1ccccc1.